The first kappa shape index (κ1) is 29.8. The maximum Gasteiger partial charge on any atom is 0.407 e. The van der Waals surface area contributed by atoms with Crippen LogP contribution in [-0.2, 0) is 20.9 Å². The number of thioether (sulfide) groups is 1. The molecule has 3 N–H and O–H groups in total. The van der Waals surface area contributed by atoms with Crippen molar-refractivity contribution in [3.8, 4) is 0 Å². The fourth-order valence-corrected chi connectivity index (χ4v) is 3.82. The minimum absolute atomic E-state index is 0.0148. The molecule has 0 spiro atoms. The molecule has 3 atom stereocenters. The van der Waals surface area contributed by atoms with Gasteiger partial charge in [-0.2, -0.15) is 11.8 Å². The molecule has 1 rings (SSSR count). The fourth-order valence-electron chi connectivity index (χ4n) is 3.35. The van der Waals surface area contributed by atoms with Crippen molar-refractivity contribution in [2.24, 2.45) is 5.92 Å². The summed E-state index contributed by atoms with van der Waals surface area (Å²) in [6, 6.07) is 8.57. The largest absolute Gasteiger partial charge is 0.480 e. The van der Waals surface area contributed by atoms with E-state index >= 15 is 0 Å². The summed E-state index contributed by atoms with van der Waals surface area (Å²) >= 11 is 1.54. The van der Waals surface area contributed by atoms with E-state index in [0.717, 1.165) is 12.0 Å². The molecule has 0 bridgehead atoms. The van der Waals surface area contributed by atoms with Crippen LogP contribution in [0.15, 0.2) is 30.3 Å². The zero-order valence-corrected chi connectivity index (χ0v) is 22.1. The van der Waals surface area contributed by atoms with E-state index in [0.29, 0.717) is 25.3 Å². The van der Waals surface area contributed by atoms with Gasteiger partial charge in [0.2, 0.25) is 5.91 Å². The topological polar surface area (TPSA) is 108 Å². The molecule has 0 fully saturated rings. The number of ether oxygens (including phenoxy) is 1. The van der Waals surface area contributed by atoms with Gasteiger partial charge in [0.15, 0.2) is 0 Å². The summed E-state index contributed by atoms with van der Waals surface area (Å²) in [5.74, 6) is -0.617. The van der Waals surface area contributed by atoms with E-state index in [1.54, 1.807) is 0 Å². The zero-order chi connectivity index (χ0) is 25.7. The van der Waals surface area contributed by atoms with E-state index in [2.05, 4.69) is 10.6 Å². The van der Waals surface area contributed by atoms with Gasteiger partial charge in [-0.25, -0.2) is 9.59 Å². The van der Waals surface area contributed by atoms with Gasteiger partial charge < -0.3 is 20.5 Å². The van der Waals surface area contributed by atoms with E-state index in [1.807, 2.05) is 76.1 Å². The molecular weight excluding hydrogens is 454 g/mol. The standard InChI is InChI=1S/C25H41N3O5S/c1-7-18(2)21(27-24(32)33-25(3,4)5)16-28(15-19-11-9-8-10-12-19)17-22(29)26-20(23(30)31)13-14-34-6/h8-12,18,20-21H,7,13-17H2,1-6H3,(H,26,29)(H,27,32)(H,30,31)/t18-,20-,21+/m0/s1. The molecule has 0 aromatic heterocycles. The number of nitrogens with one attached hydrogen (secondary N) is 2. The number of hydrogen-bond donors (Lipinski definition) is 3. The summed E-state index contributed by atoms with van der Waals surface area (Å²) in [7, 11) is 0. The van der Waals surface area contributed by atoms with E-state index in [-0.39, 0.29) is 24.4 Å². The number of benzene rings is 1. The number of alkyl carbamates (subject to hydrolysis) is 1. The molecule has 9 heteroatoms. The Bertz CT molecular complexity index is 770. The number of carbonyl (C=O) groups excluding carboxylic acids is 2. The van der Waals surface area contributed by atoms with Crippen molar-refractivity contribution in [3.63, 3.8) is 0 Å². The van der Waals surface area contributed by atoms with Crippen molar-refractivity contribution in [1.29, 1.82) is 0 Å². The average molecular weight is 496 g/mol. The monoisotopic (exact) mass is 495 g/mol. The summed E-state index contributed by atoms with van der Waals surface area (Å²) in [5.41, 5.74) is 0.406. The molecule has 0 heterocycles. The molecule has 0 aliphatic heterocycles. The number of rotatable bonds is 14. The molecule has 0 unspecified atom stereocenters. The first-order valence-electron chi connectivity index (χ1n) is 11.7. The Labute approximate surface area is 208 Å². The third-order valence-electron chi connectivity index (χ3n) is 5.35. The lowest BCUT2D eigenvalue weighted by Crippen LogP contribution is -2.51. The van der Waals surface area contributed by atoms with Crippen LogP contribution in [0.1, 0.15) is 53.0 Å². The van der Waals surface area contributed by atoms with Gasteiger partial charge in [-0.05, 0) is 50.7 Å². The minimum Gasteiger partial charge on any atom is -0.480 e. The molecule has 0 aliphatic carbocycles. The fraction of sp³-hybridized carbons (Fsp3) is 0.640. The Kier molecular flexibility index (Phi) is 13.0. The number of aliphatic carboxylic acids is 1. The smallest absolute Gasteiger partial charge is 0.407 e. The first-order chi connectivity index (χ1) is 15.9. The Hall–Kier alpha value is -2.26. The van der Waals surface area contributed by atoms with Gasteiger partial charge >= 0.3 is 12.1 Å². The number of carboxylic acid groups (broad SMARTS) is 1. The zero-order valence-electron chi connectivity index (χ0n) is 21.3. The predicted molar refractivity (Wildman–Crippen MR) is 137 cm³/mol. The third kappa shape index (κ3) is 12.3. The Balaban J connectivity index is 3.00. The Morgan fingerprint density at radius 2 is 1.79 bits per heavy atom. The number of hydrogen-bond acceptors (Lipinski definition) is 6. The van der Waals surface area contributed by atoms with Crippen molar-refractivity contribution in [2.75, 3.05) is 25.1 Å². The average Bonchev–Trinajstić information content (AvgIpc) is 2.74. The highest BCUT2D eigenvalue weighted by Crippen LogP contribution is 2.14. The molecule has 1 aromatic rings. The molecular formula is C25H41N3O5S. The van der Waals surface area contributed by atoms with Gasteiger partial charge in [-0.3, -0.25) is 9.69 Å². The first-order valence-corrected chi connectivity index (χ1v) is 13.1. The van der Waals surface area contributed by atoms with Crippen LogP contribution in [0.3, 0.4) is 0 Å². The number of carboxylic acids is 1. The lowest BCUT2D eigenvalue weighted by Gasteiger charge is -2.32. The third-order valence-corrected chi connectivity index (χ3v) is 5.99. The van der Waals surface area contributed by atoms with Crippen LogP contribution in [0.25, 0.3) is 0 Å². The molecule has 34 heavy (non-hydrogen) atoms. The van der Waals surface area contributed by atoms with Crippen LogP contribution in [0, 0.1) is 5.92 Å². The van der Waals surface area contributed by atoms with Gasteiger partial charge in [0.1, 0.15) is 11.6 Å². The van der Waals surface area contributed by atoms with E-state index < -0.39 is 23.7 Å². The molecule has 0 radical (unpaired) electrons. The van der Waals surface area contributed by atoms with Crippen LogP contribution in [0.2, 0.25) is 0 Å². The number of amides is 2. The summed E-state index contributed by atoms with van der Waals surface area (Å²) in [6.07, 6.45) is 2.60. The summed E-state index contributed by atoms with van der Waals surface area (Å²) in [6.45, 7) is 10.4. The molecule has 8 nitrogen and oxygen atoms in total. The van der Waals surface area contributed by atoms with E-state index in [1.165, 1.54) is 11.8 Å². The highest BCUT2D eigenvalue weighted by atomic mass is 32.2. The van der Waals surface area contributed by atoms with Crippen LogP contribution < -0.4 is 10.6 Å². The van der Waals surface area contributed by atoms with E-state index in [4.69, 9.17) is 4.74 Å². The van der Waals surface area contributed by atoms with Gasteiger partial charge in [-0.15, -0.1) is 0 Å². The minimum atomic E-state index is -1.04. The maximum atomic E-state index is 12.8. The molecule has 1 aromatic carbocycles. The molecule has 192 valence electrons. The van der Waals surface area contributed by atoms with E-state index in [9.17, 15) is 19.5 Å². The van der Waals surface area contributed by atoms with Gasteiger partial charge in [-0.1, -0.05) is 50.6 Å². The van der Waals surface area contributed by atoms with Crippen LogP contribution in [-0.4, -0.2) is 70.8 Å². The lowest BCUT2D eigenvalue weighted by molar-refractivity contribution is -0.142. The highest BCUT2D eigenvalue weighted by Gasteiger charge is 2.27. The Morgan fingerprint density at radius 1 is 1.15 bits per heavy atom. The second-order valence-corrected chi connectivity index (χ2v) is 10.5. The van der Waals surface area contributed by atoms with Crippen LogP contribution in [0.5, 0.6) is 0 Å². The summed E-state index contributed by atoms with van der Waals surface area (Å²) < 4.78 is 5.45. The lowest BCUT2D eigenvalue weighted by atomic mass is 9.98. The van der Waals surface area contributed by atoms with Crippen molar-refractivity contribution in [3.05, 3.63) is 35.9 Å². The van der Waals surface area contributed by atoms with Crippen LogP contribution in [0.4, 0.5) is 4.79 Å². The van der Waals surface area contributed by atoms with Crippen molar-refractivity contribution in [2.45, 2.75) is 71.7 Å². The molecule has 0 saturated heterocycles. The predicted octanol–water partition coefficient (Wildman–Crippen LogP) is 3.75. The van der Waals surface area contributed by atoms with Crippen LogP contribution >= 0.6 is 11.8 Å². The molecule has 0 aliphatic rings. The second kappa shape index (κ2) is 14.9. The normalized spacial score (nSPS) is 14.2. The summed E-state index contributed by atoms with van der Waals surface area (Å²) in [4.78, 5) is 38.8. The van der Waals surface area contributed by atoms with Gasteiger partial charge in [0.05, 0.1) is 6.54 Å². The highest BCUT2D eigenvalue weighted by molar-refractivity contribution is 7.98. The van der Waals surface area contributed by atoms with Gasteiger partial charge in [0.25, 0.3) is 0 Å². The second-order valence-electron chi connectivity index (χ2n) is 9.53. The number of carbonyl (C=O) groups is 3. The summed E-state index contributed by atoms with van der Waals surface area (Å²) in [5, 5.41) is 15.1. The quantitative estimate of drug-likeness (QED) is 0.361. The maximum absolute atomic E-state index is 12.8. The molecule has 0 saturated carbocycles. The SMILES string of the molecule is CC[C@H](C)[C@@H](CN(CC(=O)N[C@@H](CCSC)C(=O)O)Cc1ccccc1)NC(=O)OC(C)(C)C. The number of nitrogens with zero attached hydrogens (tertiary/aromatic N) is 1. The van der Waals surface area contributed by atoms with Gasteiger partial charge in [0, 0.05) is 19.1 Å². The van der Waals surface area contributed by atoms with Crippen molar-refractivity contribution < 1.29 is 24.2 Å². The molecule has 2 amide bonds. The van der Waals surface area contributed by atoms with Crippen molar-refractivity contribution >= 4 is 29.7 Å². The Morgan fingerprint density at radius 3 is 2.32 bits per heavy atom. The van der Waals surface area contributed by atoms with Crippen molar-refractivity contribution in [1.82, 2.24) is 15.5 Å².